The molecule has 0 radical (unpaired) electrons. The topological polar surface area (TPSA) is 94.7 Å². The van der Waals surface area contributed by atoms with E-state index in [4.69, 9.17) is 11.6 Å². The van der Waals surface area contributed by atoms with E-state index in [1.165, 1.54) is 12.4 Å². The van der Waals surface area contributed by atoms with Gasteiger partial charge in [0.15, 0.2) is 5.69 Å². The molecule has 0 saturated carbocycles. The molecule has 0 unspecified atom stereocenters. The van der Waals surface area contributed by atoms with Crippen LogP contribution in [0.1, 0.15) is 34.7 Å². The van der Waals surface area contributed by atoms with Crippen LogP contribution in [0.4, 0.5) is 0 Å². The highest BCUT2D eigenvalue weighted by molar-refractivity contribution is 6.30. The molecule has 31 heavy (non-hydrogen) atoms. The second-order valence-corrected chi connectivity index (χ2v) is 7.45. The number of nitrogens with one attached hydrogen (secondary N) is 1. The van der Waals surface area contributed by atoms with Crippen molar-refractivity contribution < 1.29 is 4.79 Å². The lowest BCUT2D eigenvalue weighted by atomic mass is 10.1. The van der Waals surface area contributed by atoms with Crippen molar-refractivity contribution in [3.05, 3.63) is 99.4 Å². The van der Waals surface area contributed by atoms with Crippen LogP contribution in [-0.4, -0.2) is 30.5 Å². The zero-order chi connectivity index (χ0) is 22.0. The maximum absolute atomic E-state index is 12.8. The number of hydrogen-bond acceptors (Lipinski definition) is 5. The summed E-state index contributed by atoms with van der Waals surface area (Å²) >= 11 is 5.95. The Hall–Kier alpha value is -3.78. The molecule has 0 aliphatic carbocycles. The predicted molar refractivity (Wildman–Crippen MR) is 117 cm³/mol. The number of nitrogens with zero attached hydrogens (tertiary/aromatic N) is 5. The first-order valence-corrected chi connectivity index (χ1v) is 9.93. The van der Waals surface area contributed by atoms with Gasteiger partial charge in [-0.1, -0.05) is 23.7 Å². The van der Waals surface area contributed by atoms with Crippen molar-refractivity contribution in [3.63, 3.8) is 0 Å². The van der Waals surface area contributed by atoms with Crippen LogP contribution in [0.2, 0.25) is 5.02 Å². The predicted octanol–water partition coefficient (Wildman–Crippen LogP) is 3.27. The fourth-order valence-corrected chi connectivity index (χ4v) is 3.28. The number of hydrogen-bond donors (Lipinski definition) is 1. The molecule has 1 atom stereocenters. The van der Waals surface area contributed by atoms with Crippen LogP contribution >= 0.6 is 11.6 Å². The van der Waals surface area contributed by atoms with E-state index < -0.39 is 11.3 Å². The average Bonchev–Trinajstić information content (AvgIpc) is 3.29. The van der Waals surface area contributed by atoms with E-state index in [-0.39, 0.29) is 11.7 Å². The molecule has 4 rings (SSSR count). The number of amides is 1. The lowest BCUT2D eigenvalue weighted by molar-refractivity contribution is 0.0932. The van der Waals surface area contributed by atoms with E-state index in [1.54, 1.807) is 46.9 Å². The van der Waals surface area contributed by atoms with Crippen LogP contribution in [0.25, 0.3) is 11.4 Å². The van der Waals surface area contributed by atoms with Gasteiger partial charge >= 0.3 is 0 Å². The molecule has 1 amide bonds. The highest BCUT2D eigenvalue weighted by Gasteiger charge is 2.18. The number of carbonyl (C=O) groups is 1. The van der Waals surface area contributed by atoms with E-state index in [0.29, 0.717) is 16.4 Å². The summed E-state index contributed by atoms with van der Waals surface area (Å²) in [5.41, 5.74) is 2.43. The van der Waals surface area contributed by atoms with Crippen molar-refractivity contribution in [1.82, 2.24) is 29.9 Å². The molecule has 0 aliphatic rings. The number of aromatic nitrogens is 5. The first kappa shape index (κ1) is 20.5. The van der Waals surface area contributed by atoms with Gasteiger partial charge in [0, 0.05) is 16.8 Å². The molecule has 0 fully saturated rings. The van der Waals surface area contributed by atoms with Gasteiger partial charge < -0.3 is 5.32 Å². The van der Waals surface area contributed by atoms with Crippen molar-refractivity contribution in [2.24, 2.45) is 0 Å². The third-order valence-electron chi connectivity index (χ3n) is 4.82. The molecule has 2 aromatic heterocycles. The van der Waals surface area contributed by atoms with Gasteiger partial charge in [0.2, 0.25) is 5.43 Å². The van der Waals surface area contributed by atoms with Gasteiger partial charge in [-0.05, 0) is 55.8 Å². The fraction of sp³-hybridized carbons (Fsp3) is 0.136. The Morgan fingerprint density at radius 3 is 2.39 bits per heavy atom. The van der Waals surface area contributed by atoms with Crippen molar-refractivity contribution in [1.29, 1.82) is 0 Å². The zero-order valence-corrected chi connectivity index (χ0v) is 17.6. The van der Waals surface area contributed by atoms with Gasteiger partial charge in [0.05, 0.1) is 17.4 Å². The maximum Gasteiger partial charge on any atom is 0.276 e. The second-order valence-electron chi connectivity index (χ2n) is 7.01. The Labute approximate surface area is 183 Å². The molecule has 0 bridgehead atoms. The van der Waals surface area contributed by atoms with Gasteiger partial charge in [-0.25, -0.2) is 14.3 Å². The van der Waals surface area contributed by atoms with E-state index in [0.717, 1.165) is 11.3 Å². The summed E-state index contributed by atoms with van der Waals surface area (Å²) in [6, 6.07) is 15.6. The molecular formula is C22H19ClN6O2. The summed E-state index contributed by atoms with van der Waals surface area (Å²) in [5, 5.41) is 11.8. The molecule has 2 aromatic carbocycles. The van der Waals surface area contributed by atoms with Gasteiger partial charge in [-0.15, -0.1) is 0 Å². The minimum Gasteiger partial charge on any atom is -0.344 e. The van der Waals surface area contributed by atoms with Gasteiger partial charge in [0.1, 0.15) is 12.7 Å². The van der Waals surface area contributed by atoms with Crippen molar-refractivity contribution in [2.45, 2.75) is 19.9 Å². The number of benzene rings is 2. The minimum atomic E-state index is -0.541. The first-order chi connectivity index (χ1) is 14.9. The largest absolute Gasteiger partial charge is 0.344 e. The molecule has 0 aliphatic heterocycles. The van der Waals surface area contributed by atoms with Gasteiger partial charge in [-0.3, -0.25) is 9.59 Å². The molecule has 2 heterocycles. The Kier molecular flexibility index (Phi) is 5.64. The molecule has 8 nitrogen and oxygen atoms in total. The Bertz CT molecular complexity index is 1270. The standard InChI is InChI=1S/C22H19ClN6O2/c1-14-11-20(30)21(27-29(14)19-9-5-17(23)6-10-19)22(31)26-15(2)16-3-7-18(8-4-16)28-13-24-12-25-28/h3-13,15H,1-2H3,(H,26,31)/t15-/m1/s1. The number of carbonyl (C=O) groups excluding carboxylic acids is 1. The average molecular weight is 435 g/mol. The Balaban J connectivity index is 1.56. The maximum atomic E-state index is 12.8. The van der Waals surface area contributed by atoms with Crippen LogP contribution < -0.4 is 10.7 Å². The normalized spacial score (nSPS) is 11.8. The molecule has 4 aromatic rings. The van der Waals surface area contributed by atoms with Crippen LogP contribution in [0, 0.1) is 6.92 Å². The summed E-state index contributed by atoms with van der Waals surface area (Å²) < 4.78 is 3.19. The van der Waals surface area contributed by atoms with E-state index in [9.17, 15) is 9.59 Å². The monoisotopic (exact) mass is 434 g/mol. The molecule has 9 heteroatoms. The third kappa shape index (κ3) is 4.39. The van der Waals surface area contributed by atoms with Gasteiger partial charge in [0.25, 0.3) is 5.91 Å². The number of aryl methyl sites for hydroxylation is 1. The molecule has 156 valence electrons. The van der Waals surface area contributed by atoms with Crippen LogP contribution in [0.5, 0.6) is 0 Å². The summed E-state index contributed by atoms with van der Waals surface area (Å²) in [6.07, 6.45) is 3.07. The summed E-state index contributed by atoms with van der Waals surface area (Å²) in [7, 11) is 0. The molecule has 0 saturated heterocycles. The molecule has 1 N–H and O–H groups in total. The van der Waals surface area contributed by atoms with Crippen LogP contribution in [-0.2, 0) is 0 Å². The fourth-order valence-electron chi connectivity index (χ4n) is 3.15. The van der Waals surface area contributed by atoms with E-state index >= 15 is 0 Å². The van der Waals surface area contributed by atoms with Gasteiger partial charge in [-0.2, -0.15) is 10.2 Å². The SMILES string of the molecule is Cc1cc(=O)c(C(=O)N[C@H](C)c2ccc(-n3cncn3)cc2)nn1-c1ccc(Cl)cc1. The minimum absolute atomic E-state index is 0.174. The summed E-state index contributed by atoms with van der Waals surface area (Å²) in [6.45, 7) is 3.60. The Morgan fingerprint density at radius 1 is 1.06 bits per heavy atom. The molecule has 0 spiro atoms. The number of halogens is 1. The Morgan fingerprint density at radius 2 is 1.74 bits per heavy atom. The smallest absolute Gasteiger partial charge is 0.276 e. The van der Waals surface area contributed by atoms with E-state index in [1.807, 2.05) is 31.2 Å². The lowest BCUT2D eigenvalue weighted by Crippen LogP contribution is -2.33. The first-order valence-electron chi connectivity index (χ1n) is 9.55. The number of rotatable bonds is 5. The zero-order valence-electron chi connectivity index (χ0n) is 16.9. The highest BCUT2D eigenvalue weighted by atomic mass is 35.5. The van der Waals surface area contributed by atoms with Crippen LogP contribution in [0.15, 0.2) is 72.0 Å². The van der Waals surface area contributed by atoms with E-state index in [2.05, 4.69) is 20.5 Å². The van der Waals surface area contributed by atoms with Crippen molar-refractivity contribution in [2.75, 3.05) is 0 Å². The molecular weight excluding hydrogens is 416 g/mol. The highest BCUT2D eigenvalue weighted by Crippen LogP contribution is 2.16. The third-order valence-corrected chi connectivity index (χ3v) is 5.07. The van der Waals surface area contributed by atoms with Crippen LogP contribution in [0.3, 0.4) is 0 Å². The second kappa shape index (κ2) is 8.53. The lowest BCUT2D eigenvalue weighted by Gasteiger charge is -2.16. The summed E-state index contributed by atoms with van der Waals surface area (Å²) in [5.74, 6) is -0.541. The summed E-state index contributed by atoms with van der Waals surface area (Å²) in [4.78, 5) is 29.2. The van der Waals surface area contributed by atoms with Crippen molar-refractivity contribution in [3.8, 4) is 11.4 Å². The quantitative estimate of drug-likeness (QED) is 0.520. The van der Waals surface area contributed by atoms with Crippen molar-refractivity contribution >= 4 is 17.5 Å².